The van der Waals surface area contributed by atoms with Gasteiger partial charge in [-0.1, -0.05) is 48.5 Å². The number of nitrogens with zero attached hydrogens (tertiary/aromatic N) is 2. The van der Waals surface area contributed by atoms with E-state index >= 15 is 0 Å². The van der Waals surface area contributed by atoms with E-state index < -0.39 is 0 Å². The van der Waals surface area contributed by atoms with Crippen LogP contribution in [0.15, 0.2) is 54.6 Å². The molecule has 144 valence electrons. The monoisotopic (exact) mass is 366 g/mol. The van der Waals surface area contributed by atoms with Gasteiger partial charge in [0.05, 0.1) is 0 Å². The topological polar surface area (TPSA) is 43.8 Å². The van der Waals surface area contributed by atoms with Crippen molar-refractivity contribution in [2.24, 2.45) is 0 Å². The van der Waals surface area contributed by atoms with Gasteiger partial charge in [0.2, 0.25) is 0 Å². The van der Waals surface area contributed by atoms with Crippen molar-refractivity contribution >= 4 is 5.91 Å². The van der Waals surface area contributed by atoms with Gasteiger partial charge >= 0.3 is 0 Å². The van der Waals surface area contributed by atoms with Crippen LogP contribution in [0.1, 0.15) is 34.3 Å². The molecule has 1 heterocycles. The molecule has 0 saturated carbocycles. The second kappa shape index (κ2) is 9.67. The lowest BCUT2D eigenvalue weighted by molar-refractivity contribution is 0.0418. The third-order valence-corrected chi connectivity index (χ3v) is 5.48. The number of carbonyl (C=O) groups excluding carboxylic acids is 1. The minimum absolute atomic E-state index is 0.111. The third kappa shape index (κ3) is 5.18. The van der Waals surface area contributed by atoms with Crippen LogP contribution in [0.3, 0.4) is 0 Å². The van der Waals surface area contributed by atoms with Crippen molar-refractivity contribution < 1.29 is 9.90 Å². The van der Waals surface area contributed by atoms with Crippen LogP contribution >= 0.6 is 0 Å². The van der Waals surface area contributed by atoms with Crippen molar-refractivity contribution in [1.29, 1.82) is 0 Å². The number of aryl methyl sites for hydroxylation is 2. The lowest BCUT2D eigenvalue weighted by atomic mass is 10.0. The van der Waals surface area contributed by atoms with Crippen molar-refractivity contribution in [2.45, 2.75) is 32.2 Å². The van der Waals surface area contributed by atoms with Crippen LogP contribution in [-0.2, 0) is 6.42 Å². The highest BCUT2D eigenvalue weighted by Crippen LogP contribution is 2.18. The van der Waals surface area contributed by atoms with Gasteiger partial charge in [0.1, 0.15) is 0 Å². The van der Waals surface area contributed by atoms with Gasteiger partial charge in [-0.05, 0) is 49.9 Å². The molecular formula is C23H30N2O2. The van der Waals surface area contributed by atoms with Crippen LogP contribution in [0.25, 0.3) is 0 Å². The molecule has 0 spiro atoms. The summed E-state index contributed by atoms with van der Waals surface area (Å²) in [5.41, 5.74) is 3.17. The molecule has 4 heteroatoms. The Hall–Kier alpha value is -2.17. The highest BCUT2D eigenvalue weighted by Gasteiger charge is 2.29. The Balaban J connectivity index is 1.58. The molecule has 0 aliphatic carbocycles. The first-order valence-corrected chi connectivity index (χ1v) is 9.93. The Morgan fingerprint density at radius 1 is 1.07 bits per heavy atom. The molecule has 0 aromatic heterocycles. The van der Waals surface area contributed by atoms with Crippen LogP contribution in [0.5, 0.6) is 0 Å². The van der Waals surface area contributed by atoms with Gasteiger partial charge in [0, 0.05) is 37.8 Å². The number of amides is 1. The van der Waals surface area contributed by atoms with Gasteiger partial charge in [-0.2, -0.15) is 0 Å². The standard InChI is InChI=1S/C23H30N2O2/c1-19-8-5-6-12-22(19)23(27)25-16-15-24(21(18-25)13-17-26)14-7-11-20-9-3-2-4-10-20/h2-6,8-10,12,21,26H,7,11,13-18H2,1H3/t21-/m0/s1. The first kappa shape index (κ1) is 19.6. The van der Waals surface area contributed by atoms with E-state index in [-0.39, 0.29) is 18.6 Å². The Morgan fingerprint density at radius 3 is 2.56 bits per heavy atom. The molecule has 4 nitrogen and oxygen atoms in total. The summed E-state index contributed by atoms with van der Waals surface area (Å²) < 4.78 is 0. The molecule has 1 N–H and O–H groups in total. The van der Waals surface area contributed by atoms with Crippen molar-refractivity contribution in [1.82, 2.24) is 9.80 Å². The number of aliphatic hydroxyl groups is 1. The third-order valence-electron chi connectivity index (χ3n) is 5.48. The van der Waals surface area contributed by atoms with E-state index in [0.717, 1.165) is 43.6 Å². The predicted octanol–water partition coefficient (Wildman–Crippen LogP) is 3.14. The molecule has 1 aliphatic heterocycles. The smallest absolute Gasteiger partial charge is 0.254 e. The molecule has 1 atom stereocenters. The maximum absolute atomic E-state index is 12.9. The zero-order chi connectivity index (χ0) is 19.1. The average Bonchev–Trinajstić information content (AvgIpc) is 2.70. The first-order chi connectivity index (χ1) is 13.2. The Kier molecular flexibility index (Phi) is 7.02. The number of carbonyl (C=O) groups is 1. The minimum atomic E-state index is 0.111. The molecule has 1 saturated heterocycles. The molecule has 27 heavy (non-hydrogen) atoms. The van der Waals surface area contributed by atoms with E-state index in [1.807, 2.05) is 42.2 Å². The van der Waals surface area contributed by atoms with Gasteiger partial charge in [-0.15, -0.1) is 0 Å². The lowest BCUT2D eigenvalue weighted by Gasteiger charge is -2.41. The summed E-state index contributed by atoms with van der Waals surface area (Å²) in [6, 6.07) is 18.6. The van der Waals surface area contributed by atoms with E-state index in [1.54, 1.807) is 0 Å². The molecule has 3 rings (SSSR count). The largest absolute Gasteiger partial charge is 0.396 e. The van der Waals surface area contributed by atoms with Gasteiger partial charge in [-0.25, -0.2) is 0 Å². The van der Waals surface area contributed by atoms with Crippen LogP contribution in [0.2, 0.25) is 0 Å². The lowest BCUT2D eigenvalue weighted by Crippen LogP contribution is -2.55. The molecule has 0 radical (unpaired) electrons. The maximum Gasteiger partial charge on any atom is 0.254 e. The quantitative estimate of drug-likeness (QED) is 0.819. The molecule has 0 bridgehead atoms. The molecule has 1 amide bonds. The summed E-state index contributed by atoms with van der Waals surface area (Å²) in [4.78, 5) is 17.3. The van der Waals surface area contributed by atoms with Crippen LogP contribution < -0.4 is 0 Å². The molecular weight excluding hydrogens is 336 g/mol. The van der Waals surface area contributed by atoms with Crippen molar-refractivity contribution in [3.63, 3.8) is 0 Å². The van der Waals surface area contributed by atoms with Gasteiger partial charge in [-0.3, -0.25) is 9.69 Å². The van der Waals surface area contributed by atoms with Gasteiger partial charge < -0.3 is 10.0 Å². The second-order valence-electron chi connectivity index (χ2n) is 7.36. The normalized spacial score (nSPS) is 17.9. The molecule has 2 aromatic rings. The van der Waals surface area contributed by atoms with E-state index in [1.165, 1.54) is 5.56 Å². The second-order valence-corrected chi connectivity index (χ2v) is 7.36. The molecule has 2 aromatic carbocycles. The fraction of sp³-hybridized carbons (Fsp3) is 0.435. The Labute approximate surface area is 162 Å². The highest BCUT2D eigenvalue weighted by atomic mass is 16.3. The van der Waals surface area contributed by atoms with Crippen molar-refractivity contribution in [2.75, 3.05) is 32.8 Å². The fourth-order valence-corrected chi connectivity index (χ4v) is 3.91. The number of piperazine rings is 1. The summed E-state index contributed by atoms with van der Waals surface area (Å²) in [7, 11) is 0. The van der Waals surface area contributed by atoms with E-state index in [9.17, 15) is 9.90 Å². The number of rotatable bonds is 7. The molecule has 1 fully saturated rings. The first-order valence-electron chi connectivity index (χ1n) is 9.93. The minimum Gasteiger partial charge on any atom is -0.396 e. The van der Waals surface area contributed by atoms with E-state index in [0.29, 0.717) is 13.0 Å². The van der Waals surface area contributed by atoms with Crippen molar-refractivity contribution in [3.8, 4) is 0 Å². The molecule has 0 unspecified atom stereocenters. The number of benzene rings is 2. The Bertz CT molecular complexity index is 732. The van der Waals surface area contributed by atoms with Gasteiger partial charge in [0.25, 0.3) is 5.91 Å². The fourth-order valence-electron chi connectivity index (χ4n) is 3.91. The predicted molar refractivity (Wildman–Crippen MR) is 109 cm³/mol. The number of hydrogen-bond donors (Lipinski definition) is 1. The summed E-state index contributed by atoms with van der Waals surface area (Å²) in [6.07, 6.45) is 2.87. The van der Waals surface area contributed by atoms with Crippen LogP contribution in [0.4, 0.5) is 0 Å². The summed E-state index contributed by atoms with van der Waals surface area (Å²) >= 11 is 0. The average molecular weight is 367 g/mol. The van der Waals surface area contributed by atoms with Crippen LogP contribution in [-0.4, -0.2) is 59.6 Å². The van der Waals surface area contributed by atoms with Crippen LogP contribution in [0, 0.1) is 6.92 Å². The SMILES string of the molecule is Cc1ccccc1C(=O)N1CCN(CCCc2ccccc2)[C@@H](CCO)C1. The Morgan fingerprint density at radius 2 is 1.81 bits per heavy atom. The van der Waals surface area contributed by atoms with E-state index in [2.05, 4.69) is 29.2 Å². The van der Waals surface area contributed by atoms with Gasteiger partial charge in [0.15, 0.2) is 0 Å². The van der Waals surface area contributed by atoms with E-state index in [4.69, 9.17) is 0 Å². The highest BCUT2D eigenvalue weighted by molar-refractivity contribution is 5.95. The molecule has 1 aliphatic rings. The number of hydrogen-bond acceptors (Lipinski definition) is 3. The van der Waals surface area contributed by atoms with Crippen molar-refractivity contribution in [3.05, 3.63) is 71.3 Å². The summed E-state index contributed by atoms with van der Waals surface area (Å²) in [6.45, 7) is 5.47. The summed E-state index contributed by atoms with van der Waals surface area (Å²) in [5, 5.41) is 9.50. The number of aliphatic hydroxyl groups excluding tert-OH is 1. The zero-order valence-corrected chi connectivity index (χ0v) is 16.2. The zero-order valence-electron chi connectivity index (χ0n) is 16.2. The summed E-state index contributed by atoms with van der Waals surface area (Å²) in [5.74, 6) is 0.111. The maximum atomic E-state index is 12.9.